The van der Waals surface area contributed by atoms with Gasteiger partial charge in [0.25, 0.3) is 0 Å². The molecule has 0 unspecified atom stereocenters. The second-order valence-corrected chi connectivity index (χ2v) is 2.52. The Bertz CT molecular complexity index is 163. The van der Waals surface area contributed by atoms with E-state index in [-0.39, 0.29) is 5.84 Å². The van der Waals surface area contributed by atoms with Crippen molar-refractivity contribution in [1.29, 1.82) is 5.41 Å². The summed E-state index contributed by atoms with van der Waals surface area (Å²) in [5, 5.41) is 6.99. The van der Waals surface area contributed by atoms with Crippen molar-refractivity contribution in [3.8, 4) is 0 Å². The average molecular weight is 144 g/mol. The topological polar surface area (TPSA) is 76.2 Å². The van der Waals surface area contributed by atoms with E-state index < -0.39 is 11.6 Å². The lowest BCUT2D eigenvalue weighted by Gasteiger charge is -2.22. The van der Waals surface area contributed by atoms with Crippen LogP contribution in [0.3, 0.4) is 0 Å². The number of carbonyl (C=O) groups is 1. The van der Waals surface area contributed by atoms with Gasteiger partial charge in [0.15, 0.2) is 5.60 Å². The molecule has 0 rings (SSSR count). The molecule has 0 saturated carbocycles. The van der Waals surface area contributed by atoms with Gasteiger partial charge in [-0.15, -0.1) is 0 Å². The molecule has 0 aliphatic carbocycles. The first-order valence-electron chi connectivity index (χ1n) is 2.90. The summed E-state index contributed by atoms with van der Waals surface area (Å²) >= 11 is 0. The molecule has 0 amide bonds. The first-order valence-corrected chi connectivity index (χ1v) is 2.90. The van der Waals surface area contributed by atoms with Crippen molar-refractivity contribution in [2.24, 2.45) is 5.73 Å². The summed E-state index contributed by atoms with van der Waals surface area (Å²) in [5.74, 6) is -0.581. The van der Waals surface area contributed by atoms with Gasteiger partial charge in [0, 0.05) is 6.92 Å². The zero-order chi connectivity index (χ0) is 8.36. The summed E-state index contributed by atoms with van der Waals surface area (Å²) in [7, 11) is 0. The van der Waals surface area contributed by atoms with Gasteiger partial charge in [0.1, 0.15) is 5.84 Å². The first kappa shape index (κ1) is 8.94. The van der Waals surface area contributed by atoms with Crippen molar-refractivity contribution in [3.05, 3.63) is 0 Å². The standard InChI is InChI=1S/C6H12N2O2/c1-4(9)10-6(2,3)5(7)8/h1-3H3,(H3,7,8). The summed E-state index contributed by atoms with van der Waals surface area (Å²) in [6, 6.07) is 0. The maximum Gasteiger partial charge on any atom is 0.303 e. The van der Waals surface area contributed by atoms with E-state index in [0.717, 1.165) is 0 Å². The Morgan fingerprint density at radius 1 is 1.60 bits per heavy atom. The van der Waals surface area contributed by atoms with Crippen LogP contribution in [0.1, 0.15) is 20.8 Å². The lowest BCUT2D eigenvalue weighted by atomic mass is 10.1. The number of rotatable bonds is 2. The quantitative estimate of drug-likeness (QED) is 0.331. The van der Waals surface area contributed by atoms with Gasteiger partial charge in [-0.3, -0.25) is 10.2 Å². The van der Waals surface area contributed by atoms with E-state index >= 15 is 0 Å². The largest absolute Gasteiger partial charge is 0.452 e. The van der Waals surface area contributed by atoms with Crippen LogP contribution in [-0.2, 0) is 9.53 Å². The van der Waals surface area contributed by atoms with Gasteiger partial charge in [-0.1, -0.05) is 0 Å². The molecule has 0 spiro atoms. The highest BCUT2D eigenvalue weighted by atomic mass is 16.6. The zero-order valence-corrected chi connectivity index (χ0v) is 6.39. The van der Waals surface area contributed by atoms with Crippen LogP contribution in [0.25, 0.3) is 0 Å². The van der Waals surface area contributed by atoms with Crippen LogP contribution in [0.4, 0.5) is 0 Å². The fraction of sp³-hybridized carbons (Fsp3) is 0.667. The number of amidine groups is 1. The van der Waals surface area contributed by atoms with Crippen molar-refractivity contribution < 1.29 is 9.53 Å². The van der Waals surface area contributed by atoms with Crippen LogP contribution in [0.5, 0.6) is 0 Å². The van der Waals surface area contributed by atoms with Crippen LogP contribution in [0, 0.1) is 5.41 Å². The lowest BCUT2D eigenvalue weighted by Crippen LogP contribution is -2.41. The molecule has 0 saturated heterocycles. The van der Waals surface area contributed by atoms with Crippen LogP contribution in [-0.4, -0.2) is 17.4 Å². The molecule has 4 heteroatoms. The molecule has 0 aliphatic heterocycles. The van der Waals surface area contributed by atoms with Gasteiger partial charge in [-0.2, -0.15) is 0 Å². The zero-order valence-electron chi connectivity index (χ0n) is 6.39. The normalized spacial score (nSPS) is 10.7. The van der Waals surface area contributed by atoms with Gasteiger partial charge >= 0.3 is 5.97 Å². The fourth-order valence-electron chi connectivity index (χ4n) is 0.414. The molecule has 0 aliphatic rings. The minimum Gasteiger partial charge on any atom is -0.452 e. The molecule has 10 heavy (non-hydrogen) atoms. The molecular weight excluding hydrogens is 132 g/mol. The van der Waals surface area contributed by atoms with E-state index in [1.54, 1.807) is 13.8 Å². The maximum atomic E-state index is 10.4. The lowest BCUT2D eigenvalue weighted by molar-refractivity contribution is -0.148. The third-order valence-electron chi connectivity index (χ3n) is 1.05. The predicted molar refractivity (Wildman–Crippen MR) is 37.8 cm³/mol. The number of nitrogens with one attached hydrogen (secondary N) is 1. The van der Waals surface area contributed by atoms with E-state index in [2.05, 4.69) is 0 Å². The highest BCUT2D eigenvalue weighted by molar-refractivity contribution is 5.87. The highest BCUT2D eigenvalue weighted by Gasteiger charge is 2.24. The van der Waals surface area contributed by atoms with Crippen molar-refractivity contribution >= 4 is 11.8 Å². The third kappa shape index (κ3) is 2.48. The Kier molecular flexibility index (Phi) is 2.40. The number of ether oxygens (including phenoxy) is 1. The Labute approximate surface area is 59.9 Å². The van der Waals surface area contributed by atoms with E-state index in [4.69, 9.17) is 15.9 Å². The monoisotopic (exact) mass is 144 g/mol. The Morgan fingerprint density at radius 2 is 2.00 bits per heavy atom. The SMILES string of the molecule is CC(=O)OC(C)(C)C(=N)N. The predicted octanol–water partition coefficient (Wildman–Crippen LogP) is 0.264. The molecule has 0 bridgehead atoms. The first-order chi connectivity index (χ1) is 4.36. The van der Waals surface area contributed by atoms with Crippen molar-refractivity contribution in [2.75, 3.05) is 0 Å². The Morgan fingerprint density at radius 3 is 2.10 bits per heavy atom. The molecule has 58 valence electrons. The van der Waals surface area contributed by atoms with E-state index in [1.807, 2.05) is 0 Å². The summed E-state index contributed by atoms with van der Waals surface area (Å²) < 4.78 is 4.71. The van der Waals surface area contributed by atoms with Crippen LogP contribution in [0.2, 0.25) is 0 Å². The molecule has 0 fully saturated rings. The van der Waals surface area contributed by atoms with Crippen LogP contribution in [0.15, 0.2) is 0 Å². The van der Waals surface area contributed by atoms with Gasteiger partial charge in [-0.05, 0) is 13.8 Å². The summed E-state index contributed by atoms with van der Waals surface area (Å²) in [6.45, 7) is 4.41. The number of hydrogen-bond donors (Lipinski definition) is 2. The third-order valence-corrected chi connectivity index (χ3v) is 1.05. The minimum absolute atomic E-state index is 0.150. The highest BCUT2D eigenvalue weighted by Crippen LogP contribution is 2.07. The summed E-state index contributed by atoms with van der Waals surface area (Å²) in [5.41, 5.74) is 4.16. The molecule has 3 N–H and O–H groups in total. The summed E-state index contributed by atoms with van der Waals surface area (Å²) in [4.78, 5) is 10.4. The van der Waals surface area contributed by atoms with Crippen molar-refractivity contribution in [1.82, 2.24) is 0 Å². The Balaban J connectivity index is 4.13. The van der Waals surface area contributed by atoms with E-state index in [9.17, 15) is 4.79 Å². The second kappa shape index (κ2) is 2.68. The van der Waals surface area contributed by atoms with Crippen molar-refractivity contribution in [2.45, 2.75) is 26.4 Å². The molecule has 0 aromatic carbocycles. The Hall–Kier alpha value is -1.06. The molecule has 0 heterocycles. The maximum absolute atomic E-state index is 10.4. The fourth-order valence-corrected chi connectivity index (χ4v) is 0.414. The molecule has 0 aromatic heterocycles. The smallest absolute Gasteiger partial charge is 0.303 e. The van der Waals surface area contributed by atoms with E-state index in [0.29, 0.717) is 0 Å². The molecule has 4 nitrogen and oxygen atoms in total. The number of carbonyl (C=O) groups excluding carboxylic acids is 1. The summed E-state index contributed by atoms with van der Waals surface area (Å²) in [6.07, 6.45) is 0. The molecular formula is C6H12N2O2. The van der Waals surface area contributed by atoms with Gasteiger partial charge < -0.3 is 10.5 Å². The van der Waals surface area contributed by atoms with E-state index in [1.165, 1.54) is 6.92 Å². The van der Waals surface area contributed by atoms with Gasteiger partial charge in [0.2, 0.25) is 0 Å². The molecule has 0 atom stereocenters. The molecule has 0 aromatic rings. The average Bonchev–Trinajstić information content (AvgIpc) is 1.60. The van der Waals surface area contributed by atoms with Crippen LogP contribution >= 0.6 is 0 Å². The van der Waals surface area contributed by atoms with Gasteiger partial charge in [-0.25, -0.2) is 0 Å². The number of esters is 1. The molecule has 0 radical (unpaired) electrons. The minimum atomic E-state index is -0.966. The van der Waals surface area contributed by atoms with Crippen LogP contribution < -0.4 is 5.73 Å². The number of nitrogens with two attached hydrogens (primary N) is 1. The number of hydrogen-bond acceptors (Lipinski definition) is 3. The second-order valence-electron chi connectivity index (χ2n) is 2.52. The van der Waals surface area contributed by atoms with Crippen molar-refractivity contribution in [3.63, 3.8) is 0 Å². The van der Waals surface area contributed by atoms with Gasteiger partial charge in [0.05, 0.1) is 0 Å².